The zero-order valence-electron chi connectivity index (χ0n) is 16.5. The van der Waals surface area contributed by atoms with Gasteiger partial charge in [-0.25, -0.2) is 9.82 Å². The van der Waals surface area contributed by atoms with Crippen molar-refractivity contribution >= 4 is 12.1 Å². The monoisotopic (exact) mass is 388 g/mol. The molecule has 3 aromatic rings. The summed E-state index contributed by atoms with van der Waals surface area (Å²) in [5, 5.41) is 12.7. The number of halogens is 1. The van der Waals surface area contributed by atoms with Crippen molar-refractivity contribution in [3.8, 4) is 11.8 Å². The molecule has 1 N–H and O–H groups in total. The van der Waals surface area contributed by atoms with E-state index < -0.39 is 11.7 Å². The number of nitrogens with zero attached hydrogens (tertiary/aromatic N) is 3. The Labute approximate surface area is 169 Å². The number of hydrogen-bond acceptors (Lipinski definition) is 3. The Morgan fingerprint density at radius 1 is 1.21 bits per heavy atom. The predicted octanol–water partition coefficient (Wildman–Crippen LogP) is 4.43. The minimum absolute atomic E-state index is 0.155. The Bertz CT molecular complexity index is 1120. The number of hydrogen-bond donors (Lipinski definition) is 1. The summed E-state index contributed by atoms with van der Waals surface area (Å²) in [6.45, 7) is 6.10. The highest BCUT2D eigenvalue weighted by atomic mass is 19.1. The van der Waals surface area contributed by atoms with Crippen molar-refractivity contribution in [2.75, 3.05) is 0 Å². The number of nitrogens with one attached hydrogen (secondary N) is 1. The Balaban J connectivity index is 1.77. The first kappa shape index (κ1) is 20.0. The molecule has 0 spiro atoms. The van der Waals surface area contributed by atoms with Gasteiger partial charge in [0.05, 0.1) is 23.4 Å². The maximum atomic E-state index is 13.9. The molecule has 0 radical (unpaired) electrons. The van der Waals surface area contributed by atoms with Crippen LogP contribution in [0.1, 0.15) is 45.4 Å². The number of hydrazone groups is 1. The van der Waals surface area contributed by atoms with Gasteiger partial charge in [-0.05, 0) is 62.2 Å². The second kappa shape index (κ2) is 8.53. The van der Waals surface area contributed by atoms with Crippen LogP contribution in [0.15, 0.2) is 53.6 Å². The Kier molecular flexibility index (Phi) is 5.89. The summed E-state index contributed by atoms with van der Waals surface area (Å²) in [5.41, 5.74) is 7.53. The summed E-state index contributed by atoms with van der Waals surface area (Å²) in [6, 6.07) is 15.9. The maximum absolute atomic E-state index is 13.9. The number of carbonyl (C=O) groups is 1. The minimum atomic E-state index is -0.759. The molecule has 1 aromatic heterocycles. The van der Waals surface area contributed by atoms with E-state index >= 15 is 0 Å². The second-order valence-electron chi connectivity index (χ2n) is 6.69. The van der Waals surface area contributed by atoms with Crippen LogP contribution >= 0.6 is 0 Å². The summed E-state index contributed by atoms with van der Waals surface area (Å²) in [6.07, 6.45) is 2.53. The van der Waals surface area contributed by atoms with Crippen LogP contribution in [-0.2, 0) is 6.42 Å². The molecule has 2 aromatic carbocycles. The van der Waals surface area contributed by atoms with Gasteiger partial charge in [0.1, 0.15) is 5.82 Å². The number of benzene rings is 2. The van der Waals surface area contributed by atoms with Crippen LogP contribution in [0.5, 0.6) is 0 Å². The lowest BCUT2D eigenvalue weighted by molar-refractivity contribution is 0.0951. The normalized spacial score (nSPS) is 10.9. The molecule has 1 amide bonds. The molecule has 146 valence electrons. The Morgan fingerprint density at radius 2 is 1.93 bits per heavy atom. The Hall–Kier alpha value is -3.72. The molecule has 29 heavy (non-hydrogen) atoms. The number of amides is 1. The molecule has 0 atom stereocenters. The van der Waals surface area contributed by atoms with Crippen LogP contribution in [-0.4, -0.2) is 16.7 Å². The van der Waals surface area contributed by atoms with E-state index in [1.165, 1.54) is 17.7 Å². The highest BCUT2D eigenvalue weighted by Crippen LogP contribution is 2.20. The van der Waals surface area contributed by atoms with Crippen molar-refractivity contribution in [3.05, 3.63) is 88.0 Å². The van der Waals surface area contributed by atoms with Gasteiger partial charge in [0.15, 0.2) is 0 Å². The molecule has 0 bridgehead atoms. The summed E-state index contributed by atoms with van der Waals surface area (Å²) >= 11 is 0. The molecule has 3 rings (SSSR count). The van der Waals surface area contributed by atoms with Crippen LogP contribution in [0.25, 0.3) is 5.69 Å². The molecule has 0 saturated carbocycles. The number of aromatic nitrogens is 1. The standard InChI is InChI=1S/C23H21FN4O/c1-4-17-5-8-20(9-6-17)28-15(2)11-19(16(28)3)14-26-27-23(29)21-10-7-18(13-25)12-22(21)24/h5-12,14H,4H2,1-3H3,(H,27,29)/b26-14-. The van der Waals surface area contributed by atoms with Gasteiger partial charge in [0, 0.05) is 22.6 Å². The van der Waals surface area contributed by atoms with Gasteiger partial charge in [0.25, 0.3) is 5.91 Å². The predicted molar refractivity (Wildman–Crippen MR) is 111 cm³/mol. The average Bonchev–Trinajstić information content (AvgIpc) is 3.01. The first-order chi connectivity index (χ1) is 13.9. The van der Waals surface area contributed by atoms with Crippen molar-refractivity contribution in [2.24, 2.45) is 5.10 Å². The lowest BCUT2D eigenvalue weighted by Gasteiger charge is -2.10. The lowest BCUT2D eigenvalue weighted by atomic mass is 10.1. The zero-order valence-corrected chi connectivity index (χ0v) is 16.5. The topological polar surface area (TPSA) is 70.2 Å². The van der Waals surface area contributed by atoms with Gasteiger partial charge in [-0.3, -0.25) is 4.79 Å². The van der Waals surface area contributed by atoms with Gasteiger partial charge >= 0.3 is 0 Å². The van der Waals surface area contributed by atoms with Crippen molar-refractivity contribution in [1.29, 1.82) is 5.26 Å². The highest BCUT2D eigenvalue weighted by molar-refractivity contribution is 5.95. The summed E-state index contributed by atoms with van der Waals surface area (Å²) in [5.74, 6) is -1.43. The SMILES string of the molecule is CCc1ccc(-n2c(C)cc(/C=N\NC(=O)c3ccc(C#N)cc3F)c2C)cc1. The van der Waals surface area contributed by atoms with Crippen LogP contribution in [0.4, 0.5) is 4.39 Å². The van der Waals surface area contributed by atoms with Crippen LogP contribution < -0.4 is 5.43 Å². The number of aryl methyl sites for hydroxylation is 2. The zero-order chi connectivity index (χ0) is 21.0. The molecule has 0 saturated heterocycles. The third kappa shape index (κ3) is 4.25. The molecular formula is C23H21FN4O. The van der Waals surface area contributed by atoms with Crippen LogP contribution in [0.2, 0.25) is 0 Å². The fourth-order valence-corrected chi connectivity index (χ4v) is 3.19. The number of carbonyl (C=O) groups excluding carboxylic acids is 1. The third-order valence-electron chi connectivity index (χ3n) is 4.79. The minimum Gasteiger partial charge on any atom is -0.318 e. The van der Waals surface area contributed by atoms with Gasteiger partial charge < -0.3 is 4.57 Å². The van der Waals surface area contributed by atoms with Gasteiger partial charge in [0.2, 0.25) is 0 Å². The smallest absolute Gasteiger partial charge is 0.274 e. The molecule has 5 nitrogen and oxygen atoms in total. The maximum Gasteiger partial charge on any atom is 0.274 e. The molecule has 0 fully saturated rings. The fourth-order valence-electron chi connectivity index (χ4n) is 3.19. The molecule has 0 aliphatic rings. The molecular weight excluding hydrogens is 367 g/mol. The van der Waals surface area contributed by atoms with E-state index in [1.54, 1.807) is 6.21 Å². The quantitative estimate of drug-likeness (QED) is 0.519. The van der Waals surface area contributed by atoms with Crippen LogP contribution in [0, 0.1) is 31.0 Å². The van der Waals surface area contributed by atoms with E-state index in [0.717, 1.165) is 35.1 Å². The Morgan fingerprint density at radius 3 is 2.55 bits per heavy atom. The van der Waals surface area contributed by atoms with Gasteiger partial charge in [-0.15, -0.1) is 0 Å². The van der Waals surface area contributed by atoms with E-state index in [1.807, 2.05) is 26.0 Å². The summed E-state index contributed by atoms with van der Waals surface area (Å²) < 4.78 is 16.0. The average molecular weight is 388 g/mol. The number of rotatable bonds is 5. The summed E-state index contributed by atoms with van der Waals surface area (Å²) in [4.78, 5) is 12.1. The van der Waals surface area contributed by atoms with Gasteiger partial charge in [-0.2, -0.15) is 10.4 Å². The summed E-state index contributed by atoms with van der Waals surface area (Å²) in [7, 11) is 0. The van der Waals surface area contributed by atoms with Crippen molar-refractivity contribution in [1.82, 2.24) is 9.99 Å². The van der Waals surface area contributed by atoms with Crippen molar-refractivity contribution in [3.63, 3.8) is 0 Å². The second-order valence-corrected chi connectivity index (χ2v) is 6.69. The molecule has 0 aliphatic heterocycles. The third-order valence-corrected chi connectivity index (χ3v) is 4.79. The largest absolute Gasteiger partial charge is 0.318 e. The van der Waals surface area contributed by atoms with E-state index in [9.17, 15) is 9.18 Å². The molecule has 6 heteroatoms. The van der Waals surface area contributed by atoms with Crippen LogP contribution in [0.3, 0.4) is 0 Å². The molecule has 0 unspecified atom stereocenters. The fraction of sp³-hybridized carbons (Fsp3) is 0.174. The van der Waals surface area contributed by atoms with E-state index in [4.69, 9.17) is 5.26 Å². The van der Waals surface area contributed by atoms with E-state index in [2.05, 4.69) is 46.3 Å². The first-order valence-electron chi connectivity index (χ1n) is 9.26. The number of nitriles is 1. The first-order valence-corrected chi connectivity index (χ1v) is 9.26. The van der Waals surface area contributed by atoms with E-state index in [-0.39, 0.29) is 11.1 Å². The molecule has 0 aliphatic carbocycles. The van der Waals surface area contributed by atoms with Crippen molar-refractivity contribution in [2.45, 2.75) is 27.2 Å². The van der Waals surface area contributed by atoms with E-state index in [0.29, 0.717) is 0 Å². The highest BCUT2D eigenvalue weighted by Gasteiger charge is 2.12. The van der Waals surface area contributed by atoms with Crippen molar-refractivity contribution < 1.29 is 9.18 Å². The van der Waals surface area contributed by atoms with Gasteiger partial charge in [-0.1, -0.05) is 19.1 Å². The molecule has 1 heterocycles. The lowest BCUT2D eigenvalue weighted by Crippen LogP contribution is -2.19.